The summed E-state index contributed by atoms with van der Waals surface area (Å²) in [6.07, 6.45) is 0.802. The van der Waals surface area contributed by atoms with Crippen LogP contribution in [0.4, 0.5) is 0 Å². The Morgan fingerprint density at radius 1 is 1.18 bits per heavy atom. The van der Waals surface area contributed by atoms with E-state index in [4.69, 9.17) is 9.52 Å². The normalized spacial score (nSPS) is 11.0. The average Bonchev–Trinajstić information content (AvgIpc) is 2.85. The van der Waals surface area contributed by atoms with E-state index in [0.717, 1.165) is 44.3 Å². The minimum absolute atomic E-state index is 0.0162. The maximum atomic E-state index is 10.9. The van der Waals surface area contributed by atoms with Gasteiger partial charge in [0.25, 0.3) is 0 Å². The number of carbonyl (C=O) groups is 1. The summed E-state index contributed by atoms with van der Waals surface area (Å²) in [5.74, 6) is 0.0912. The second-order valence-electron chi connectivity index (χ2n) is 5.16. The van der Waals surface area contributed by atoms with Gasteiger partial charge in [0, 0.05) is 21.8 Å². The zero-order valence-electron chi connectivity index (χ0n) is 12.1. The summed E-state index contributed by atoms with van der Waals surface area (Å²) in [4.78, 5) is 10.9. The molecule has 0 aliphatic heterocycles. The van der Waals surface area contributed by atoms with E-state index < -0.39 is 5.97 Å². The predicted octanol–water partition coefficient (Wildman–Crippen LogP) is 5.05. The molecule has 0 atom stereocenters. The molecule has 3 rings (SSSR count). The van der Waals surface area contributed by atoms with Gasteiger partial charge in [-0.25, -0.2) is 0 Å². The van der Waals surface area contributed by atoms with E-state index in [1.165, 1.54) is 0 Å². The molecule has 112 valence electrons. The maximum absolute atomic E-state index is 10.9. The molecule has 22 heavy (non-hydrogen) atoms. The van der Waals surface area contributed by atoms with Crippen molar-refractivity contribution in [2.45, 2.75) is 19.8 Å². The number of rotatable bonds is 4. The van der Waals surface area contributed by atoms with Crippen molar-refractivity contribution in [2.75, 3.05) is 0 Å². The van der Waals surface area contributed by atoms with Crippen LogP contribution in [0.3, 0.4) is 0 Å². The topological polar surface area (TPSA) is 50.4 Å². The lowest BCUT2D eigenvalue weighted by molar-refractivity contribution is -0.136. The number of carboxylic acid groups (broad SMARTS) is 1. The first-order chi connectivity index (χ1) is 10.6. The number of halogens is 1. The van der Waals surface area contributed by atoms with E-state index in [9.17, 15) is 4.79 Å². The first kappa shape index (κ1) is 14.9. The molecule has 4 heteroatoms. The lowest BCUT2D eigenvalue weighted by Gasteiger charge is -2.03. The summed E-state index contributed by atoms with van der Waals surface area (Å²) in [6.45, 7) is 2.05. The third-order valence-electron chi connectivity index (χ3n) is 3.63. The highest BCUT2D eigenvalue weighted by atomic mass is 79.9. The van der Waals surface area contributed by atoms with Crippen LogP contribution in [0.2, 0.25) is 0 Å². The molecule has 1 N–H and O–H groups in total. The van der Waals surface area contributed by atoms with E-state index in [2.05, 4.69) is 22.9 Å². The van der Waals surface area contributed by atoms with Crippen LogP contribution >= 0.6 is 15.9 Å². The van der Waals surface area contributed by atoms with Crippen molar-refractivity contribution in [3.05, 3.63) is 58.3 Å². The number of aliphatic carboxylic acids is 1. The second-order valence-corrected chi connectivity index (χ2v) is 6.08. The van der Waals surface area contributed by atoms with E-state index in [1.54, 1.807) is 0 Å². The van der Waals surface area contributed by atoms with Crippen LogP contribution in [-0.4, -0.2) is 11.1 Å². The number of carboxylic acids is 1. The molecule has 0 amide bonds. The van der Waals surface area contributed by atoms with E-state index >= 15 is 0 Å². The third-order valence-corrected chi connectivity index (χ3v) is 4.16. The Morgan fingerprint density at radius 2 is 1.91 bits per heavy atom. The van der Waals surface area contributed by atoms with E-state index in [0.29, 0.717) is 0 Å². The lowest BCUT2D eigenvalue weighted by Crippen LogP contribution is -1.99. The van der Waals surface area contributed by atoms with Crippen molar-refractivity contribution in [1.29, 1.82) is 0 Å². The van der Waals surface area contributed by atoms with Crippen molar-refractivity contribution in [1.82, 2.24) is 0 Å². The quantitative estimate of drug-likeness (QED) is 0.709. The van der Waals surface area contributed by atoms with Gasteiger partial charge in [-0.15, -0.1) is 0 Å². The van der Waals surface area contributed by atoms with Crippen LogP contribution in [0.25, 0.3) is 22.1 Å². The summed E-state index contributed by atoms with van der Waals surface area (Å²) in [7, 11) is 0. The van der Waals surface area contributed by atoms with Crippen molar-refractivity contribution < 1.29 is 14.3 Å². The molecule has 3 aromatic rings. The number of aryl methyl sites for hydroxylation is 1. The van der Waals surface area contributed by atoms with Crippen LogP contribution in [-0.2, 0) is 17.6 Å². The summed E-state index contributed by atoms with van der Waals surface area (Å²) >= 11 is 3.44. The molecule has 0 bridgehead atoms. The van der Waals surface area contributed by atoms with Crippen LogP contribution in [0.1, 0.15) is 18.2 Å². The van der Waals surface area contributed by atoms with Gasteiger partial charge in [-0.1, -0.05) is 41.1 Å². The van der Waals surface area contributed by atoms with Crippen molar-refractivity contribution in [2.24, 2.45) is 0 Å². The summed E-state index contributed by atoms with van der Waals surface area (Å²) < 4.78 is 6.96. The Balaban J connectivity index is 2.21. The Hall–Kier alpha value is -2.07. The SMILES string of the molecule is CCc1oc2ccc(CC(=O)O)cc2c1-c1ccc(Br)cc1. The molecular weight excluding hydrogens is 344 g/mol. The maximum Gasteiger partial charge on any atom is 0.307 e. The minimum Gasteiger partial charge on any atom is -0.481 e. The van der Waals surface area contributed by atoms with Gasteiger partial charge in [-0.05, 0) is 35.4 Å². The van der Waals surface area contributed by atoms with E-state index in [-0.39, 0.29) is 6.42 Å². The minimum atomic E-state index is -0.830. The fourth-order valence-electron chi connectivity index (χ4n) is 2.66. The Kier molecular flexibility index (Phi) is 4.03. The standard InChI is InChI=1S/C18H15BrO3/c1-2-15-18(12-4-6-13(19)7-5-12)14-9-11(10-17(20)21)3-8-16(14)22-15/h3-9H,2,10H2,1H3,(H,20,21). The van der Waals surface area contributed by atoms with E-state index in [1.807, 2.05) is 42.5 Å². The molecule has 0 aliphatic carbocycles. The number of furan rings is 1. The monoisotopic (exact) mass is 358 g/mol. The van der Waals surface area contributed by atoms with Gasteiger partial charge >= 0.3 is 5.97 Å². The van der Waals surface area contributed by atoms with Gasteiger partial charge < -0.3 is 9.52 Å². The van der Waals surface area contributed by atoms with Crippen LogP contribution in [0.5, 0.6) is 0 Å². The molecule has 3 nitrogen and oxygen atoms in total. The van der Waals surface area contributed by atoms with Crippen molar-refractivity contribution in [3.8, 4) is 11.1 Å². The van der Waals surface area contributed by atoms with Gasteiger partial charge in [0.05, 0.1) is 6.42 Å². The first-order valence-corrected chi connectivity index (χ1v) is 7.90. The van der Waals surface area contributed by atoms with Gasteiger partial charge in [-0.3, -0.25) is 4.79 Å². The number of benzene rings is 2. The smallest absolute Gasteiger partial charge is 0.307 e. The van der Waals surface area contributed by atoms with Gasteiger partial charge in [0.15, 0.2) is 0 Å². The largest absolute Gasteiger partial charge is 0.481 e. The van der Waals surface area contributed by atoms with Crippen LogP contribution < -0.4 is 0 Å². The fourth-order valence-corrected chi connectivity index (χ4v) is 2.93. The van der Waals surface area contributed by atoms with Gasteiger partial charge in [0.2, 0.25) is 0 Å². The Bertz CT molecular complexity index is 831. The summed E-state index contributed by atoms with van der Waals surface area (Å²) in [5, 5.41) is 9.95. The highest BCUT2D eigenvalue weighted by Gasteiger charge is 2.15. The molecule has 0 radical (unpaired) electrons. The highest BCUT2D eigenvalue weighted by molar-refractivity contribution is 9.10. The summed E-state index contributed by atoms with van der Waals surface area (Å²) in [5.41, 5.74) is 3.70. The number of fused-ring (bicyclic) bond motifs is 1. The number of hydrogen-bond donors (Lipinski definition) is 1. The molecule has 0 aliphatic rings. The lowest BCUT2D eigenvalue weighted by atomic mass is 9.99. The van der Waals surface area contributed by atoms with Crippen molar-refractivity contribution >= 4 is 32.9 Å². The third kappa shape index (κ3) is 2.79. The molecule has 0 unspecified atom stereocenters. The fraction of sp³-hybridized carbons (Fsp3) is 0.167. The van der Waals surface area contributed by atoms with Crippen molar-refractivity contribution in [3.63, 3.8) is 0 Å². The molecule has 0 spiro atoms. The predicted molar refractivity (Wildman–Crippen MR) is 90.1 cm³/mol. The van der Waals surface area contributed by atoms with Crippen LogP contribution in [0, 0.1) is 0 Å². The summed E-state index contributed by atoms with van der Waals surface area (Å²) in [6, 6.07) is 13.7. The Morgan fingerprint density at radius 3 is 2.55 bits per heavy atom. The first-order valence-electron chi connectivity index (χ1n) is 7.10. The molecular formula is C18H15BrO3. The average molecular weight is 359 g/mol. The molecule has 1 aromatic heterocycles. The molecule has 0 saturated heterocycles. The molecule has 0 saturated carbocycles. The van der Waals surface area contributed by atoms with Gasteiger partial charge in [-0.2, -0.15) is 0 Å². The zero-order chi connectivity index (χ0) is 15.7. The molecule has 0 fully saturated rings. The molecule has 1 heterocycles. The van der Waals surface area contributed by atoms with Gasteiger partial charge in [0.1, 0.15) is 11.3 Å². The second kappa shape index (κ2) is 5.97. The zero-order valence-corrected chi connectivity index (χ0v) is 13.7. The van der Waals surface area contributed by atoms with Crippen LogP contribution in [0.15, 0.2) is 51.4 Å². The molecule has 2 aromatic carbocycles. The Labute approximate surface area is 136 Å². The number of hydrogen-bond acceptors (Lipinski definition) is 2. The highest BCUT2D eigenvalue weighted by Crippen LogP contribution is 2.36.